The van der Waals surface area contributed by atoms with E-state index in [1.54, 1.807) is 31.2 Å². The molecule has 0 bridgehead atoms. The summed E-state index contributed by atoms with van der Waals surface area (Å²) in [5.74, 6) is -0.485. The number of carbonyl (C=O) groups is 2. The second-order valence-corrected chi connectivity index (χ2v) is 4.93. The third-order valence-corrected chi connectivity index (χ3v) is 3.61. The van der Waals surface area contributed by atoms with Crippen molar-refractivity contribution in [3.63, 3.8) is 0 Å². The minimum Gasteiger partial charge on any atom is -0.484 e. The second-order valence-electron chi connectivity index (χ2n) is 4.93. The number of methoxy groups -OCH3 is 1. The first kappa shape index (κ1) is 15.3. The van der Waals surface area contributed by atoms with Gasteiger partial charge in [-0.3, -0.25) is 4.79 Å². The van der Waals surface area contributed by atoms with Crippen LogP contribution in [0.25, 0.3) is 0 Å². The number of rotatable bonds is 4. The minimum absolute atomic E-state index is 0.0368. The van der Waals surface area contributed by atoms with Crippen molar-refractivity contribution in [3.8, 4) is 5.75 Å². The van der Waals surface area contributed by atoms with Crippen molar-refractivity contribution in [2.24, 2.45) is 0 Å². The van der Waals surface area contributed by atoms with Gasteiger partial charge in [-0.1, -0.05) is 18.2 Å². The van der Waals surface area contributed by atoms with Crippen molar-refractivity contribution in [1.29, 1.82) is 0 Å². The standard InChI is InChI=1S/C15H18FNO4/c1-10-12(16)8-13(15(19)20-2)17(10)14(18)9-21-11-6-4-3-5-7-11/h3-7,10,12-13H,8-9H2,1-2H3. The van der Waals surface area contributed by atoms with Gasteiger partial charge in [0.15, 0.2) is 6.61 Å². The van der Waals surface area contributed by atoms with Crippen molar-refractivity contribution in [3.05, 3.63) is 30.3 Å². The van der Waals surface area contributed by atoms with Gasteiger partial charge in [0, 0.05) is 6.42 Å². The number of hydrogen-bond donors (Lipinski definition) is 0. The zero-order valence-electron chi connectivity index (χ0n) is 12.0. The molecule has 1 aliphatic rings. The average molecular weight is 295 g/mol. The van der Waals surface area contributed by atoms with E-state index in [1.165, 1.54) is 12.0 Å². The molecule has 1 heterocycles. The molecular weight excluding hydrogens is 277 g/mol. The smallest absolute Gasteiger partial charge is 0.328 e. The van der Waals surface area contributed by atoms with Crippen LogP contribution in [0.1, 0.15) is 13.3 Å². The maximum atomic E-state index is 13.8. The van der Waals surface area contributed by atoms with Crippen LogP contribution in [0.3, 0.4) is 0 Å². The molecule has 21 heavy (non-hydrogen) atoms. The summed E-state index contributed by atoms with van der Waals surface area (Å²) in [5, 5.41) is 0. The molecule has 1 aromatic rings. The summed E-state index contributed by atoms with van der Waals surface area (Å²) in [6.07, 6.45) is -1.28. The lowest BCUT2D eigenvalue weighted by Gasteiger charge is -2.26. The number of carbonyl (C=O) groups excluding carboxylic acids is 2. The van der Waals surface area contributed by atoms with Crippen LogP contribution in [-0.2, 0) is 14.3 Å². The van der Waals surface area contributed by atoms with E-state index >= 15 is 0 Å². The van der Waals surface area contributed by atoms with Crippen LogP contribution >= 0.6 is 0 Å². The van der Waals surface area contributed by atoms with Crippen molar-refractivity contribution in [2.45, 2.75) is 31.6 Å². The first-order chi connectivity index (χ1) is 10.0. The second kappa shape index (κ2) is 6.56. The Kier molecular flexibility index (Phi) is 4.77. The fourth-order valence-electron chi connectivity index (χ4n) is 2.46. The monoisotopic (exact) mass is 295 g/mol. The van der Waals surface area contributed by atoms with E-state index in [0.717, 1.165) is 0 Å². The first-order valence-corrected chi connectivity index (χ1v) is 6.75. The molecule has 0 aliphatic carbocycles. The van der Waals surface area contributed by atoms with Crippen LogP contribution < -0.4 is 4.74 Å². The number of esters is 1. The fourth-order valence-corrected chi connectivity index (χ4v) is 2.46. The molecule has 2 rings (SSSR count). The van der Waals surface area contributed by atoms with Crippen molar-refractivity contribution in [2.75, 3.05) is 13.7 Å². The average Bonchev–Trinajstić information content (AvgIpc) is 2.81. The fraction of sp³-hybridized carbons (Fsp3) is 0.467. The normalized spacial score (nSPS) is 24.7. The summed E-state index contributed by atoms with van der Waals surface area (Å²) >= 11 is 0. The van der Waals surface area contributed by atoms with E-state index < -0.39 is 30.1 Å². The third kappa shape index (κ3) is 3.32. The topological polar surface area (TPSA) is 55.8 Å². The van der Waals surface area contributed by atoms with Gasteiger partial charge in [0.05, 0.1) is 13.2 Å². The molecule has 1 aromatic carbocycles. The summed E-state index contributed by atoms with van der Waals surface area (Å²) in [6, 6.07) is 7.29. The molecule has 114 valence electrons. The minimum atomic E-state index is -1.24. The van der Waals surface area contributed by atoms with Crippen molar-refractivity contribution in [1.82, 2.24) is 4.90 Å². The molecule has 1 saturated heterocycles. The molecule has 0 spiro atoms. The number of para-hydroxylation sites is 1. The highest BCUT2D eigenvalue weighted by Crippen LogP contribution is 2.28. The van der Waals surface area contributed by atoms with Crippen molar-refractivity contribution >= 4 is 11.9 Å². The Morgan fingerprint density at radius 1 is 1.33 bits per heavy atom. The molecule has 0 aromatic heterocycles. The molecule has 3 atom stereocenters. The van der Waals surface area contributed by atoms with Gasteiger partial charge in [0.2, 0.25) is 0 Å². The summed E-state index contributed by atoms with van der Waals surface area (Å²) in [7, 11) is 1.22. The Hall–Kier alpha value is -2.11. The SMILES string of the molecule is COC(=O)C1CC(F)C(C)N1C(=O)COc1ccccc1. The van der Waals surface area contributed by atoms with E-state index in [9.17, 15) is 14.0 Å². The maximum Gasteiger partial charge on any atom is 0.328 e. The van der Waals surface area contributed by atoms with Crippen LogP contribution in [0.15, 0.2) is 30.3 Å². The number of alkyl halides is 1. The van der Waals surface area contributed by atoms with E-state index in [4.69, 9.17) is 4.74 Å². The largest absolute Gasteiger partial charge is 0.484 e. The van der Waals surface area contributed by atoms with E-state index in [-0.39, 0.29) is 13.0 Å². The van der Waals surface area contributed by atoms with Crippen LogP contribution in [-0.4, -0.2) is 48.7 Å². The summed E-state index contributed by atoms with van der Waals surface area (Å²) in [5.41, 5.74) is 0. The van der Waals surface area contributed by atoms with E-state index in [1.807, 2.05) is 6.07 Å². The summed E-state index contributed by atoms with van der Waals surface area (Å²) in [4.78, 5) is 25.1. The molecule has 1 fully saturated rings. The predicted octanol–water partition coefficient (Wildman–Crippen LogP) is 1.57. The van der Waals surface area contributed by atoms with Gasteiger partial charge in [-0.25, -0.2) is 9.18 Å². The highest BCUT2D eigenvalue weighted by Gasteiger charge is 2.45. The highest BCUT2D eigenvalue weighted by molar-refractivity contribution is 5.86. The maximum absolute atomic E-state index is 13.8. The molecule has 0 radical (unpaired) electrons. The molecule has 1 amide bonds. The van der Waals surface area contributed by atoms with Crippen LogP contribution in [0, 0.1) is 0 Å². The molecule has 0 saturated carbocycles. The number of nitrogens with zero attached hydrogens (tertiary/aromatic N) is 1. The number of benzene rings is 1. The Morgan fingerprint density at radius 3 is 2.62 bits per heavy atom. The van der Waals surface area contributed by atoms with Gasteiger partial charge in [-0.05, 0) is 19.1 Å². The number of hydrogen-bond acceptors (Lipinski definition) is 4. The summed E-state index contributed by atoms with van der Waals surface area (Å²) < 4.78 is 23.8. The van der Waals surface area contributed by atoms with Gasteiger partial charge >= 0.3 is 5.97 Å². The Balaban J connectivity index is 2.03. The molecular formula is C15H18FNO4. The van der Waals surface area contributed by atoms with Gasteiger partial charge < -0.3 is 14.4 Å². The van der Waals surface area contributed by atoms with Crippen LogP contribution in [0.5, 0.6) is 5.75 Å². The molecule has 6 heteroatoms. The van der Waals surface area contributed by atoms with E-state index in [2.05, 4.69) is 4.74 Å². The lowest BCUT2D eigenvalue weighted by atomic mass is 10.2. The van der Waals surface area contributed by atoms with E-state index in [0.29, 0.717) is 5.75 Å². The Bertz CT molecular complexity index is 508. The predicted molar refractivity (Wildman–Crippen MR) is 73.6 cm³/mol. The van der Waals surface area contributed by atoms with Gasteiger partial charge in [-0.15, -0.1) is 0 Å². The Labute approximate surface area is 122 Å². The quantitative estimate of drug-likeness (QED) is 0.791. The lowest BCUT2D eigenvalue weighted by Crippen LogP contribution is -2.47. The molecule has 3 unspecified atom stereocenters. The zero-order chi connectivity index (χ0) is 15.4. The first-order valence-electron chi connectivity index (χ1n) is 6.75. The third-order valence-electron chi connectivity index (χ3n) is 3.61. The van der Waals surface area contributed by atoms with Crippen LogP contribution in [0.4, 0.5) is 4.39 Å². The molecule has 0 N–H and O–H groups in total. The number of ether oxygens (including phenoxy) is 2. The molecule has 1 aliphatic heterocycles. The van der Waals surface area contributed by atoms with Gasteiger partial charge in [0.25, 0.3) is 5.91 Å². The zero-order valence-corrected chi connectivity index (χ0v) is 12.0. The van der Waals surface area contributed by atoms with Gasteiger partial charge in [0.1, 0.15) is 18.0 Å². The van der Waals surface area contributed by atoms with Crippen molar-refractivity contribution < 1.29 is 23.5 Å². The summed E-state index contributed by atoms with van der Waals surface area (Å²) in [6.45, 7) is 1.34. The molecule has 5 nitrogen and oxygen atoms in total. The number of amides is 1. The van der Waals surface area contributed by atoms with Crippen LogP contribution in [0.2, 0.25) is 0 Å². The van der Waals surface area contributed by atoms with Gasteiger partial charge in [-0.2, -0.15) is 0 Å². The number of halogens is 1. The highest BCUT2D eigenvalue weighted by atomic mass is 19.1. The Morgan fingerprint density at radius 2 is 2.00 bits per heavy atom. The number of likely N-dealkylation sites (tertiary alicyclic amines) is 1. The lowest BCUT2D eigenvalue weighted by molar-refractivity contribution is -0.152.